The fourth-order valence-corrected chi connectivity index (χ4v) is 1.87. The Morgan fingerprint density at radius 2 is 2.27 bits per heavy atom. The molecule has 82 valence electrons. The Morgan fingerprint density at radius 1 is 1.47 bits per heavy atom. The van der Waals surface area contributed by atoms with E-state index >= 15 is 0 Å². The second-order valence-corrected chi connectivity index (χ2v) is 3.90. The zero-order valence-electron chi connectivity index (χ0n) is 8.87. The lowest BCUT2D eigenvalue weighted by Gasteiger charge is -2.36. The fourth-order valence-electron chi connectivity index (χ4n) is 1.87. The van der Waals surface area contributed by atoms with Crippen molar-refractivity contribution in [1.29, 1.82) is 0 Å². The van der Waals surface area contributed by atoms with E-state index in [0.29, 0.717) is 12.1 Å². The molecule has 1 aromatic rings. The van der Waals surface area contributed by atoms with Crippen LogP contribution in [0.2, 0.25) is 0 Å². The molecule has 1 N–H and O–H groups in total. The Balaban J connectivity index is 1.80. The minimum absolute atomic E-state index is 0.194. The summed E-state index contributed by atoms with van der Waals surface area (Å²) in [4.78, 5) is 0. The van der Waals surface area contributed by atoms with Gasteiger partial charge >= 0.3 is 0 Å². The predicted octanol–water partition coefficient (Wildman–Crippen LogP) is 2.81. The van der Waals surface area contributed by atoms with Crippen molar-refractivity contribution in [3.8, 4) is 0 Å². The maximum absolute atomic E-state index is 12.9. The largest absolute Gasteiger partial charge is 0.382 e. The molecule has 0 spiro atoms. The molecule has 2 nitrogen and oxygen atoms in total. The highest BCUT2D eigenvalue weighted by Crippen LogP contribution is 2.26. The summed E-state index contributed by atoms with van der Waals surface area (Å²) in [5.74, 6) is -0.194. The molecule has 0 heterocycles. The van der Waals surface area contributed by atoms with Gasteiger partial charge in [-0.3, -0.25) is 0 Å². The van der Waals surface area contributed by atoms with Crippen molar-refractivity contribution < 1.29 is 9.13 Å². The van der Waals surface area contributed by atoms with Crippen molar-refractivity contribution in [3.05, 3.63) is 30.1 Å². The number of anilines is 1. The van der Waals surface area contributed by atoms with E-state index in [1.54, 1.807) is 6.07 Å². The zero-order valence-corrected chi connectivity index (χ0v) is 8.87. The lowest BCUT2D eigenvalue weighted by Crippen LogP contribution is -2.40. The van der Waals surface area contributed by atoms with E-state index in [1.807, 2.05) is 13.0 Å². The van der Waals surface area contributed by atoms with Crippen molar-refractivity contribution >= 4 is 5.69 Å². The Kier molecular flexibility index (Phi) is 3.21. The molecule has 0 aliphatic heterocycles. The van der Waals surface area contributed by atoms with Crippen molar-refractivity contribution in [2.24, 2.45) is 0 Å². The molecular weight excluding hydrogens is 193 g/mol. The molecule has 1 aliphatic rings. The summed E-state index contributed by atoms with van der Waals surface area (Å²) in [5, 5.41) is 3.29. The van der Waals surface area contributed by atoms with Crippen molar-refractivity contribution in [3.63, 3.8) is 0 Å². The van der Waals surface area contributed by atoms with E-state index in [0.717, 1.165) is 25.1 Å². The first kappa shape index (κ1) is 10.4. The van der Waals surface area contributed by atoms with Crippen LogP contribution in [0.1, 0.15) is 19.8 Å². The first-order chi connectivity index (χ1) is 7.28. The van der Waals surface area contributed by atoms with Gasteiger partial charge in [0.25, 0.3) is 0 Å². The first-order valence-electron chi connectivity index (χ1n) is 5.41. The lowest BCUT2D eigenvalue weighted by molar-refractivity contribution is 0.00299. The van der Waals surface area contributed by atoms with E-state index in [2.05, 4.69) is 5.32 Å². The number of benzene rings is 1. The van der Waals surface area contributed by atoms with Gasteiger partial charge in [0.1, 0.15) is 5.82 Å². The SMILES string of the molecule is CCOC1CC(Nc2cccc(F)c2)C1. The normalized spacial score (nSPS) is 24.7. The maximum Gasteiger partial charge on any atom is 0.125 e. The molecular formula is C12H16FNO. The number of hydrogen-bond acceptors (Lipinski definition) is 2. The van der Waals surface area contributed by atoms with E-state index in [4.69, 9.17) is 4.74 Å². The van der Waals surface area contributed by atoms with Crippen LogP contribution < -0.4 is 5.32 Å². The van der Waals surface area contributed by atoms with Crippen LogP contribution in [0.15, 0.2) is 24.3 Å². The molecule has 0 saturated heterocycles. The average Bonchev–Trinajstić information content (AvgIpc) is 2.15. The van der Waals surface area contributed by atoms with Gasteiger partial charge in [0.15, 0.2) is 0 Å². The predicted molar refractivity (Wildman–Crippen MR) is 58.5 cm³/mol. The molecule has 15 heavy (non-hydrogen) atoms. The van der Waals surface area contributed by atoms with Gasteiger partial charge in [0.05, 0.1) is 6.10 Å². The number of ether oxygens (including phenoxy) is 1. The standard InChI is InChI=1S/C12H16FNO/c1-2-15-12-7-11(8-12)14-10-5-3-4-9(13)6-10/h3-6,11-12,14H,2,7-8H2,1H3. The van der Waals surface area contributed by atoms with Gasteiger partial charge in [-0.1, -0.05) is 6.07 Å². The second kappa shape index (κ2) is 4.62. The van der Waals surface area contributed by atoms with E-state index < -0.39 is 0 Å². The Labute approximate surface area is 89.4 Å². The van der Waals surface area contributed by atoms with Gasteiger partial charge in [-0.25, -0.2) is 4.39 Å². The molecule has 0 bridgehead atoms. The second-order valence-electron chi connectivity index (χ2n) is 3.90. The van der Waals surface area contributed by atoms with E-state index in [-0.39, 0.29) is 5.82 Å². The van der Waals surface area contributed by atoms with Gasteiger partial charge in [-0.15, -0.1) is 0 Å². The van der Waals surface area contributed by atoms with Crippen LogP contribution in [0, 0.1) is 5.82 Å². The monoisotopic (exact) mass is 209 g/mol. The Hall–Kier alpha value is -1.09. The zero-order chi connectivity index (χ0) is 10.7. The third-order valence-corrected chi connectivity index (χ3v) is 2.69. The lowest BCUT2D eigenvalue weighted by atomic mass is 9.89. The van der Waals surface area contributed by atoms with Gasteiger partial charge in [-0.05, 0) is 38.0 Å². The summed E-state index contributed by atoms with van der Waals surface area (Å²) in [7, 11) is 0. The minimum atomic E-state index is -0.194. The van der Waals surface area contributed by atoms with Crippen molar-refractivity contribution in [2.45, 2.75) is 31.9 Å². The Bertz CT molecular complexity index is 323. The highest BCUT2D eigenvalue weighted by molar-refractivity contribution is 5.44. The molecule has 0 unspecified atom stereocenters. The number of halogens is 1. The highest BCUT2D eigenvalue weighted by Gasteiger charge is 2.29. The average molecular weight is 209 g/mol. The molecule has 1 fully saturated rings. The minimum Gasteiger partial charge on any atom is -0.382 e. The molecule has 1 saturated carbocycles. The van der Waals surface area contributed by atoms with Crippen molar-refractivity contribution in [1.82, 2.24) is 0 Å². The number of hydrogen-bond donors (Lipinski definition) is 1. The molecule has 0 atom stereocenters. The molecule has 1 aliphatic carbocycles. The summed E-state index contributed by atoms with van der Waals surface area (Å²) in [6.07, 6.45) is 2.43. The van der Waals surface area contributed by atoms with Crippen molar-refractivity contribution in [2.75, 3.05) is 11.9 Å². The maximum atomic E-state index is 12.9. The smallest absolute Gasteiger partial charge is 0.125 e. The molecule has 2 rings (SSSR count). The Morgan fingerprint density at radius 3 is 2.93 bits per heavy atom. The van der Waals surface area contributed by atoms with Crippen LogP contribution in [0.4, 0.5) is 10.1 Å². The third kappa shape index (κ3) is 2.69. The van der Waals surface area contributed by atoms with Crippen LogP contribution in [-0.2, 0) is 4.74 Å². The third-order valence-electron chi connectivity index (χ3n) is 2.69. The molecule has 0 aromatic heterocycles. The van der Waals surface area contributed by atoms with Crippen LogP contribution in [0.25, 0.3) is 0 Å². The molecule has 3 heteroatoms. The highest BCUT2D eigenvalue weighted by atomic mass is 19.1. The fraction of sp³-hybridized carbons (Fsp3) is 0.500. The first-order valence-corrected chi connectivity index (χ1v) is 5.41. The van der Waals surface area contributed by atoms with Gasteiger partial charge in [-0.2, -0.15) is 0 Å². The van der Waals surface area contributed by atoms with Crippen LogP contribution >= 0.6 is 0 Å². The summed E-state index contributed by atoms with van der Waals surface area (Å²) in [6, 6.07) is 7.01. The van der Waals surface area contributed by atoms with Gasteiger partial charge in [0.2, 0.25) is 0 Å². The van der Waals surface area contributed by atoms with E-state index in [9.17, 15) is 4.39 Å². The van der Waals surface area contributed by atoms with Crippen LogP contribution in [-0.4, -0.2) is 18.8 Å². The van der Waals surface area contributed by atoms with Crippen LogP contribution in [0.3, 0.4) is 0 Å². The molecule has 0 amide bonds. The molecule has 1 aromatic carbocycles. The topological polar surface area (TPSA) is 21.3 Å². The molecule has 0 radical (unpaired) electrons. The summed E-state index contributed by atoms with van der Waals surface area (Å²) in [5.41, 5.74) is 0.856. The summed E-state index contributed by atoms with van der Waals surface area (Å²) < 4.78 is 18.3. The number of rotatable bonds is 4. The summed E-state index contributed by atoms with van der Waals surface area (Å²) in [6.45, 7) is 2.78. The van der Waals surface area contributed by atoms with Gasteiger partial charge < -0.3 is 10.1 Å². The summed E-state index contributed by atoms with van der Waals surface area (Å²) >= 11 is 0. The van der Waals surface area contributed by atoms with Crippen LogP contribution in [0.5, 0.6) is 0 Å². The number of nitrogens with one attached hydrogen (secondary N) is 1. The van der Waals surface area contributed by atoms with E-state index in [1.165, 1.54) is 12.1 Å². The quantitative estimate of drug-likeness (QED) is 0.823. The van der Waals surface area contributed by atoms with Gasteiger partial charge in [0, 0.05) is 18.3 Å².